The number of nitrogens with zero attached hydrogens (tertiary/aromatic N) is 1. The van der Waals surface area contributed by atoms with Crippen molar-refractivity contribution in [1.82, 2.24) is 4.90 Å². The third-order valence-corrected chi connectivity index (χ3v) is 2.50. The fourth-order valence-corrected chi connectivity index (χ4v) is 1.42. The molecule has 1 rings (SSSR count). The highest BCUT2D eigenvalue weighted by Crippen LogP contribution is 2.25. The number of likely N-dealkylation sites (N-methyl/N-ethyl adjacent to an activating group) is 1. The predicted octanol–water partition coefficient (Wildman–Crippen LogP) is 1.20. The van der Waals surface area contributed by atoms with Crippen molar-refractivity contribution in [3.8, 4) is 11.5 Å². The van der Waals surface area contributed by atoms with Gasteiger partial charge in [-0.2, -0.15) is 0 Å². The quantitative estimate of drug-likeness (QED) is 0.775. The Morgan fingerprint density at radius 1 is 1.41 bits per heavy atom. The van der Waals surface area contributed by atoms with E-state index in [4.69, 9.17) is 9.84 Å². The van der Waals surface area contributed by atoms with Gasteiger partial charge in [0.05, 0.1) is 6.10 Å². The standard InChI is InChI=1S/C12H17NO4/c1-8(17-3)7-13(2)12(16)9-4-5-10(14)11(15)6-9/h4-6,8,14-15H,7H2,1-3H3. The Morgan fingerprint density at radius 2 is 2.06 bits per heavy atom. The van der Waals surface area contributed by atoms with Gasteiger partial charge in [-0.05, 0) is 25.1 Å². The van der Waals surface area contributed by atoms with Gasteiger partial charge in [0.2, 0.25) is 0 Å². The number of rotatable bonds is 4. The number of phenolic OH excluding ortho intramolecular Hbond substituents is 2. The first-order valence-corrected chi connectivity index (χ1v) is 5.26. The molecule has 0 bridgehead atoms. The molecule has 0 fully saturated rings. The molecule has 0 spiro atoms. The maximum atomic E-state index is 11.9. The molecule has 1 atom stereocenters. The molecule has 1 aromatic rings. The van der Waals surface area contributed by atoms with E-state index < -0.39 is 0 Å². The molecule has 17 heavy (non-hydrogen) atoms. The second-order valence-electron chi connectivity index (χ2n) is 3.94. The number of phenols is 2. The molecule has 0 aliphatic rings. The number of methoxy groups -OCH3 is 1. The Balaban J connectivity index is 2.78. The SMILES string of the molecule is COC(C)CN(C)C(=O)c1ccc(O)c(O)c1. The van der Waals surface area contributed by atoms with E-state index >= 15 is 0 Å². The molecule has 0 radical (unpaired) electrons. The van der Waals surface area contributed by atoms with E-state index in [-0.39, 0.29) is 23.5 Å². The van der Waals surface area contributed by atoms with Crippen LogP contribution in [0.1, 0.15) is 17.3 Å². The fraction of sp³-hybridized carbons (Fsp3) is 0.417. The normalized spacial score (nSPS) is 12.2. The summed E-state index contributed by atoms with van der Waals surface area (Å²) in [5.74, 6) is -0.775. The Morgan fingerprint density at radius 3 is 2.59 bits per heavy atom. The maximum absolute atomic E-state index is 11.9. The van der Waals surface area contributed by atoms with Crippen molar-refractivity contribution in [1.29, 1.82) is 0 Å². The molecule has 0 aliphatic heterocycles. The molecule has 0 saturated carbocycles. The zero-order valence-corrected chi connectivity index (χ0v) is 10.2. The Labute approximate surface area is 100 Å². The van der Waals surface area contributed by atoms with E-state index in [0.29, 0.717) is 12.1 Å². The number of aromatic hydroxyl groups is 2. The lowest BCUT2D eigenvalue weighted by molar-refractivity contribution is 0.0599. The van der Waals surface area contributed by atoms with Crippen LogP contribution < -0.4 is 0 Å². The average molecular weight is 239 g/mol. The Bertz CT molecular complexity index is 405. The summed E-state index contributed by atoms with van der Waals surface area (Å²) in [5, 5.41) is 18.5. The van der Waals surface area contributed by atoms with Crippen LogP contribution in [0.5, 0.6) is 11.5 Å². The van der Waals surface area contributed by atoms with Gasteiger partial charge in [-0.3, -0.25) is 4.79 Å². The summed E-state index contributed by atoms with van der Waals surface area (Å²) < 4.78 is 5.07. The summed E-state index contributed by atoms with van der Waals surface area (Å²) in [5.41, 5.74) is 0.325. The van der Waals surface area contributed by atoms with Gasteiger partial charge in [-0.25, -0.2) is 0 Å². The number of hydrogen-bond acceptors (Lipinski definition) is 4. The molecule has 1 amide bonds. The highest BCUT2D eigenvalue weighted by atomic mass is 16.5. The van der Waals surface area contributed by atoms with Crippen molar-refractivity contribution in [2.45, 2.75) is 13.0 Å². The number of carbonyl (C=O) groups is 1. The number of ether oxygens (including phenoxy) is 1. The summed E-state index contributed by atoms with van der Waals surface area (Å²) in [6, 6.07) is 3.99. The minimum atomic E-state index is -0.302. The highest BCUT2D eigenvalue weighted by molar-refractivity contribution is 5.94. The molecule has 0 heterocycles. The number of amides is 1. The minimum Gasteiger partial charge on any atom is -0.504 e. The number of hydrogen-bond donors (Lipinski definition) is 2. The maximum Gasteiger partial charge on any atom is 0.253 e. The highest BCUT2D eigenvalue weighted by Gasteiger charge is 2.15. The van der Waals surface area contributed by atoms with Crippen LogP contribution in [0.2, 0.25) is 0 Å². The summed E-state index contributed by atoms with van der Waals surface area (Å²) >= 11 is 0. The van der Waals surface area contributed by atoms with Gasteiger partial charge in [-0.15, -0.1) is 0 Å². The van der Waals surface area contributed by atoms with Crippen LogP contribution in [0.3, 0.4) is 0 Å². The fourth-order valence-electron chi connectivity index (χ4n) is 1.42. The molecule has 1 unspecified atom stereocenters. The molecular formula is C12H17NO4. The van der Waals surface area contributed by atoms with Gasteiger partial charge in [0, 0.05) is 26.3 Å². The molecule has 0 aromatic heterocycles. The van der Waals surface area contributed by atoms with Gasteiger partial charge >= 0.3 is 0 Å². The molecule has 94 valence electrons. The summed E-state index contributed by atoms with van der Waals surface area (Å²) in [7, 11) is 3.23. The Kier molecular flexibility index (Phi) is 4.34. The minimum absolute atomic E-state index is 0.0605. The lowest BCUT2D eigenvalue weighted by Crippen LogP contribution is -2.33. The van der Waals surface area contributed by atoms with Gasteiger partial charge < -0.3 is 19.8 Å². The first kappa shape index (κ1) is 13.3. The zero-order valence-electron chi connectivity index (χ0n) is 10.2. The van der Waals surface area contributed by atoms with Gasteiger partial charge in [-0.1, -0.05) is 0 Å². The van der Waals surface area contributed by atoms with Crippen LogP contribution in [0, 0.1) is 0 Å². The topological polar surface area (TPSA) is 70.0 Å². The third-order valence-electron chi connectivity index (χ3n) is 2.50. The van der Waals surface area contributed by atoms with Crippen molar-refractivity contribution in [2.24, 2.45) is 0 Å². The lowest BCUT2D eigenvalue weighted by atomic mass is 10.1. The number of benzene rings is 1. The zero-order chi connectivity index (χ0) is 13.0. The molecule has 2 N–H and O–H groups in total. The molecular weight excluding hydrogens is 222 g/mol. The number of carbonyl (C=O) groups excluding carboxylic acids is 1. The van der Waals surface area contributed by atoms with Crippen LogP contribution in [-0.2, 0) is 4.74 Å². The van der Waals surface area contributed by atoms with Gasteiger partial charge in [0.25, 0.3) is 5.91 Å². The van der Waals surface area contributed by atoms with E-state index in [1.165, 1.54) is 23.1 Å². The second kappa shape index (κ2) is 5.54. The summed E-state index contributed by atoms with van der Waals surface area (Å²) in [4.78, 5) is 13.4. The van der Waals surface area contributed by atoms with E-state index in [1.807, 2.05) is 6.92 Å². The van der Waals surface area contributed by atoms with Crippen molar-refractivity contribution >= 4 is 5.91 Å². The third kappa shape index (κ3) is 3.35. The van der Waals surface area contributed by atoms with Gasteiger partial charge in [0.1, 0.15) is 0 Å². The predicted molar refractivity (Wildman–Crippen MR) is 63.2 cm³/mol. The first-order valence-electron chi connectivity index (χ1n) is 5.26. The van der Waals surface area contributed by atoms with E-state index in [1.54, 1.807) is 14.2 Å². The summed E-state index contributed by atoms with van der Waals surface area (Å²) in [6.07, 6.45) is -0.0605. The first-order chi connectivity index (χ1) is 7.95. The van der Waals surface area contributed by atoms with E-state index in [0.717, 1.165) is 0 Å². The van der Waals surface area contributed by atoms with E-state index in [2.05, 4.69) is 0 Å². The second-order valence-corrected chi connectivity index (χ2v) is 3.94. The van der Waals surface area contributed by atoms with Crippen molar-refractivity contribution in [3.63, 3.8) is 0 Å². The van der Waals surface area contributed by atoms with Crippen LogP contribution in [0.25, 0.3) is 0 Å². The average Bonchev–Trinajstić information content (AvgIpc) is 2.31. The summed E-state index contributed by atoms with van der Waals surface area (Å²) in [6.45, 7) is 2.31. The molecule has 0 saturated heterocycles. The van der Waals surface area contributed by atoms with Gasteiger partial charge in [0.15, 0.2) is 11.5 Å². The molecule has 5 heteroatoms. The van der Waals surface area contributed by atoms with Crippen LogP contribution in [0.15, 0.2) is 18.2 Å². The van der Waals surface area contributed by atoms with Crippen LogP contribution in [-0.4, -0.2) is 47.8 Å². The Hall–Kier alpha value is -1.75. The molecule has 1 aromatic carbocycles. The molecule has 5 nitrogen and oxygen atoms in total. The van der Waals surface area contributed by atoms with Crippen molar-refractivity contribution < 1.29 is 19.7 Å². The smallest absolute Gasteiger partial charge is 0.253 e. The molecule has 0 aliphatic carbocycles. The lowest BCUT2D eigenvalue weighted by Gasteiger charge is -2.20. The van der Waals surface area contributed by atoms with Crippen molar-refractivity contribution in [3.05, 3.63) is 23.8 Å². The van der Waals surface area contributed by atoms with Crippen LogP contribution in [0.4, 0.5) is 0 Å². The largest absolute Gasteiger partial charge is 0.504 e. The monoisotopic (exact) mass is 239 g/mol. The van der Waals surface area contributed by atoms with Crippen molar-refractivity contribution in [2.75, 3.05) is 20.7 Å². The van der Waals surface area contributed by atoms with E-state index in [9.17, 15) is 9.90 Å². The van der Waals surface area contributed by atoms with Crippen LogP contribution >= 0.6 is 0 Å².